The predicted molar refractivity (Wildman–Crippen MR) is 68.3 cm³/mol. The third-order valence-corrected chi connectivity index (χ3v) is 6.75. The van der Waals surface area contributed by atoms with E-state index < -0.39 is 0 Å². The number of hydrogen-bond acceptors (Lipinski definition) is 1. The minimum Gasteiger partial charge on any atom is -0.314 e. The summed E-state index contributed by atoms with van der Waals surface area (Å²) in [5, 5.41) is 3.76. The van der Waals surface area contributed by atoms with Crippen molar-refractivity contribution in [2.75, 3.05) is 6.54 Å². The Bertz CT molecular complexity index is 414. The Morgan fingerprint density at radius 2 is 1.59 bits per heavy atom. The lowest BCUT2D eigenvalue weighted by Gasteiger charge is -2.43. The molecule has 0 saturated heterocycles. The van der Waals surface area contributed by atoms with Crippen molar-refractivity contribution in [1.82, 2.24) is 5.32 Å². The fourth-order valence-electron chi connectivity index (χ4n) is 6.65. The molecule has 0 aromatic heterocycles. The van der Waals surface area contributed by atoms with E-state index in [0.29, 0.717) is 11.5 Å². The maximum absolute atomic E-state index is 3.76. The highest BCUT2D eigenvalue weighted by Crippen LogP contribution is 2.84. The summed E-state index contributed by atoms with van der Waals surface area (Å²) in [6, 6.07) is 0.631. The lowest BCUT2D eigenvalue weighted by molar-refractivity contribution is 0.116. The SMILES string of the molecule is CC(C)NCC12C3C=CC4C3C3C(C=CC31)C42. The Morgan fingerprint density at radius 1 is 1.00 bits per heavy atom. The second-order valence-corrected chi connectivity index (χ2v) is 7.30. The zero-order valence-electron chi connectivity index (χ0n) is 10.6. The number of hydrogen-bond donors (Lipinski definition) is 1. The summed E-state index contributed by atoms with van der Waals surface area (Å²) < 4.78 is 0. The molecule has 0 aromatic carbocycles. The number of allylic oxidation sites excluding steroid dienone is 4. The van der Waals surface area contributed by atoms with E-state index in [0.717, 1.165) is 41.4 Å². The molecule has 4 saturated carbocycles. The highest BCUT2D eigenvalue weighted by Gasteiger charge is 2.81. The predicted octanol–water partition coefficient (Wildman–Crippen LogP) is 2.46. The molecule has 6 rings (SSSR count). The van der Waals surface area contributed by atoms with Gasteiger partial charge < -0.3 is 5.32 Å². The van der Waals surface area contributed by atoms with Gasteiger partial charge in [-0.25, -0.2) is 0 Å². The van der Waals surface area contributed by atoms with Crippen LogP contribution in [0.25, 0.3) is 0 Å². The molecule has 6 atom stereocenters. The quantitative estimate of drug-likeness (QED) is 0.730. The van der Waals surface area contributed by atoms with Crippen molar-refractivity contribution in [2.45, 2.75) is 19.9 Å². The van der Waals surface area contributed by atoms with Crippen molar-refractivity contribution in [2.24, 2.45) is 46.8 Å². The van der Waals surface area contributed by atoms with Gasteiger partial charge in [-0.15, -0.1) is 0 Å². The molecule has 17 heavy (non-hydrogen) atoms. The maximum atomic E-state index is 3.76. The smallest absolute Gasteiger partial charge is 0.00248 e. The standard InChI is InChI=1S/C16H21N/c1-8(2)17-7-16-11-5-3-9-13(11)14-10(15(9)16)4-6-12(14)16/h3-6,8-15,17H,7H2,1-2H3. The van der Waals surface area contributed by atoms with Gasteiger partial charge in [0.25, 0.3) is 0 Å². The molecule has 0 aromatic rings. The Labute approximate surface area is 103 Å². The molecule has 4 fully saturated rings. The van der Waals surface area contributed by atoms with Crippen LogP contribution in [0.3, 0.4) is 0 Å². The largest absolute Gasteiger partial charge is 0.314 e. The minimum absolute atomic E-state index is 0.623. The third-order valence-electron chi connectivity index (χ3n) is 6.75. The van der Waals surface area contributed by atoms with Crippen LogP contribution in [0.2, 0.25) is 0 Å². The zero-order chi connectivity index (χ0) is 11.4. The molecule has 0 spiro atoms. The first-order valence-corrected chi connectivity index (χ1v) is 7.35. The molecule has 1 N–H and O–H groups in total. The first kappa shape index (κ1) is 9.38. The molecular formula is C16H21N. The van der Waals surface area contributed by atoms with E-state index in [1.54, 1.807) is 0 Å². The van der Waals surface area contributed by atoms with Gasteiger partial charge in [0, 0.05) is 12.6 Å². The van der Waals surface area contributed by atoms with E-state index in [-0.39, 0.29) is 0 Å². The monoisotopic (exact) mass is 227 g/mol. The van der Waals surface area contributed by atoms with Crippen LogP contribution >= 0.6 is 0 Å². The number of nitrogens with one attached hydrogen (secondary N) is 1. The van der Waals surface area contributed by atoms with Crippen molar-refractivity contribution in [1.29, 1.82) is 0 Å². The van der Waals surface area contributed by atoms with Gasteiger partial charge in [-0.3, -0.25) is 0 Å². The fraction of sp³-hybridized carbons (Fsp3) is 0.750. The first-order valence-electron chi connectivity index (χ1n) is 7.35. The van der Waals surface area contributed by atoms with Gasteiger partial charge >= 0.3 is 0 Å². The summed E-state index contributed by atoms with van der Waals surface area (Å²) in [5.41, 5.74) is 0.623. The molecule has 0 radical (unpaired) electrons. The highest BCUT2D eigenvalue weighted by atomic mass is 15.0. The zero-order valence-corrected chi connectivity index (χ0v) is 10.6. The molecule has 0 heterocycles. The summed E-state index contributed by atoms with van der Waals surface area (Å²) in [6.45, 7) is 5.83. The maximum Gasteiger partial charge on any atom is 0.00248 e. The van der Waals surface area contributed by atoms with Crippen LogP contribution in [0.4, 0.5) is 0 Å². The fourth-order valence-corrected chi connectivity index (χ4v) is 6.65. The van der Waals surface area contributed by atoms with E-state index in [4.69, 9.17) is 0 Å². The summed E-state index contributed by atoms with van der Waals surface area (Å²) in [5.74, 6) is 6.78. The lowest BCUT2D eigenvalue weighted by Crippen LogP contribution is -2.47. The first-order chi connectivity index (χ1) is 8.25. The second-order valence-electron chi connectivity index (χ2n) is 7.30. The van der Waals surface area contributed by atoms with Gasteiger partial charge in [-0.1, -0.05) is 38.2 Å². The van der Waals surface area contributed by atoms with Crippen molar-refractivity contribution >= 4 is 0 Å². The van der Waals surface area contributed by atoms with Crippen molar-refractivity contribution in [3.63, 3.8) is 0 Å². The Balaban J connectivity index is 1.61. The molecular weight excluding hydrogens is 206 g/mol. The normalized spacial score (nSPS) is 62.9. The molecule has 6 aliphatic rings. The van der Waals surface area contributed by atoms with Crippen LogP contribution in [-0.2, 0) is 0 Å². The molecule has 6 aliphatic carbocycles. The van der Waals surface area contributed by atoms with E-state index in [1.165, 1.54) is 6.54 Å². The average Bonchev–Trinajstić information content (AvgIpc) is 3.05. The third kappa shape index (κ3) is 0.739. The summed E-state index contributed by atoms with van der Waals surface area (Å²) in [6.07, 6.45) is 10.3. The van der Waals surface area contributed by atoms with Gasteiger partial charge in [-0.2, -0.15) is 0 Å². The summed E-state index contributed by atoms with van der Waals surface area (Å²) >= 11 is 0. The number of rotatable bonds is 3. The van der Waals surface area contributed by atoms with Crippen LogP contribution in [-0.4, -0.2) is 12.6 Å². The van der Waals surface area contributed by atoms with Crippen molar-refractivity contribution < 1.29 is 0 Å². The Morgan fingerprint density at radius 3 is 2.12 bits per heavy atom. The van der Waals surface area contributed by atoms with E-state index >= 15 is 0 Å². The van der Waals surface area contributed by atoms with Crippen LogP contribution in [0.5, 0.6) is 0 Å². The molecule has 8 bridgehead atoms. The van der Waals surface area contributed by atoms with Crippen molar-refractivity contribution in [3.8, 4) is 0 Å². The molecule has 1 nitrogen and oxygen atoms in total. The molecule has 90 valence electrons. The average molecular weight is 227 g/mol. The van der Waals surface area contributed by atoms with Gasteiger partial charge in [0.05, 0.1) is 0 Å². The molecule has 0 aliphatic heterocycles. The molecule has 0 amide bonds. The van der Waals surface area contributed by atoms with Gasteiger partial charge in [0.2, 0.25) is 0 Å². The van der Waals surface area contributed by atoms with E-state index in [1.807, 2.05) is 0 Å². The van der Waals surface area contributed by atoms with Crippen LogP contribution in [0, 0.1) is 46.8 Å². The molecule has 1 heteroatoms. The minimum atomic E-state index is 0.623. The second kappa shape index (κ2) is 2.56. The molecule has 6 unspecified atom stereocenters. The van der Waals surface area contributed by atoms with Gasteiger partial charge in [0.1, 0.15) is 0 Å². The highest BCUT2D eigenvalue weighted by molar-refractivity contribution is 5.43. The van der Waals surface area contributed by atoms with Crippen molar-refractivity contribution in [3.05, 3.63) is 24.3 Å². The van der Waals surface area contributed by atoms with Crippen LogP contribution < -0.4 is 5.32 Å². The van der Waals surface area contributed by atoms with E-state index in [2.05, 4.69) is 43.5 Å². The summed E-state index contributed by atoms with van der Waals surface area (Å²) in [7, 11) is 0. The summed E-state index contributed by atoms with van der Waals surface area (Å²) in [4.78, 5) is 0. The topological polar surface area (TPSA) is 12.0 Å². The lowest BCUT2D eigenvalue weighted by atomic mass is 9.63. The van der Waals surface area contributed by atoms with Gasteiger partial charge in [0.15, 0.2) is 0 Å². The van der Waals surface area contributed by atoms with Gasteiger partial charge in [-0.05, 0) is 46.8 Å². The van der Waals surface area contributed by atoms with Crippen LogP contribution in [0.1, 0.15) is 13.8 Å². The van der Waals surface area contributed by atoms with E-state index in [9.17, 15) is 0 Å². The van der Waals surface area contributed by atoms with Crippen LogP contribution in [0.15, 0.2) is 24.3 Å². The Hall–Kier alpha value is -0.560. The Kier molecular flexibility index (Phi) is 1.41.